The number of amides is 5. The first kappa shape index (κ1) is 48.6. The molecule has 26 heteroatoms. The van der Waals surface area contributed by atoms with Crippen LogP contribution in [0.5, 0.6) is 0 Å². The van der Waals surface area contributed by atoms with Gasteiger partial charge in [-0.25, -0.2) is 4.79 Å². The Morgan fingerprint density at radius 1 is 0.400 bits per heavy atom. The van der Waals surface area contributed by atoms with Gasteiger partial charge in [0.25, 0.3) is 0 Å². The van der Waals surface area contributed by atoms with Crippen molar-refractivity contribution < 1.29 is 98.4 Å². The van der Waals surface area contributed by atoms with Gasteiger partial charge in [-0.3, -0.25) is 58.1 Å². The van der Waals surface area contributed by atoms with E-state index >= 15 is 0 Å². The highest BCUT2D eigenvalue weighted by molar-refractivity contribution is 5.98. The number of aliphatic carboxylic acids is 7. The van der Waals surface area contributed by atoms with Crippen LogP contribution in [0.2, 0.25) is 0 Å². The standard InChI is InChI=1S/C29H42N6O20/c1-10(2)3-17(36)30-11(4-18(37)38)24(49)31-12(5-19(39)40)25(50)32-13(6-20(41)42)26(51)33-14(7-21(43)44)27(52)34-15(8-22(45)46)28(53)35-16(29(54)55)9-23(47)48/h10-16,25,32,50H,3-9H2,1-2H3,(H,30,36)(H,31,49)(H,33,51)(H,34,52)(H,35,53)(H,37,38)(H,39,40)(H,41,42)(H,43,44)(H,45,46)(H,47,48)(H,54,55)/t11-,12-,13-,14-,15-,16-,25?/m1/s1. The second-order valence-corrected chi connectivity index (χ2v) is 12.1. The molecule has 7 atom stereocenters. The minimum atomic E-state index is -2.37. The molecule has 14 N–H and O–H groups in total. The molecule has 55 heavy (non-hydrogen) atoms. The lowest BCUT2D eigenvalue weighted by molar-refractivity contribution is -0.148. The number of aliphatic hydroxyl groups excluding tert-OH is 1. The number of aliphatic hydroxyl groups is 1. The SMILES string of the molecule is CC(C)CC(=O)N[C@H](CC(=O)O)C(=O)N[C@H](CC(=O)O)C(O)N[C@H](CC(=O)O)C(=O)N[C@H](CC(=O)O)C(=O)N[C@H](CC(=O)O)C(=O)N[C@H](CC(=O)O)C(=O)O. The lowest BCUT2D eigenvalue weighted by Crippen LogP contribution is -2.61. The molecule has 1 unspecified atom stereocenters. The van der Waals surface area contributed by atoms with Crippen LogP contribution in [0.25, 0.3) is 0 Å². The van der Waals surface area contributed by atoms with Crippen LogP contribution in [0.1, 0.15) is 58.8 Å². The summed E-state index contributed by atoms with van der Waals surface area (Å²) in [5, 5.41) is 86.7. The minimum Gasteiger partial charge on any atom is -0.481 e. The Hall–Kier alpha value is -6.44. The Kier molecular flexibility index (Phi) is 20.5. The first-order chi connectivity index (χ1) is 25.3. The van der Waals surface area contributed by atoms with Gasteiger partial charge in [0, 0.05) is 6.42 Å². The second-order valence-electron chi connectivity index (χ2n) is 12.1. The van der Waals surface area contributed by atoms with Gasteiger partial charge in [0.05, 0.1) is 50.6 Å². The summed E-state index contributed by atoms with van der Waals surface area (Å²) in [4.78, 5) is 144. The molecule has 0 spiro atoms. The molecular formula is C29H42N6O20. The van der Waals surface area contributed by atoms with Gasteiger partial charge in [-0.1, -0.05) is 13.8 Å². The monoisotopic (exact) mass is 794 g/mol. The van der Waals surface area contributed by atoms with Gasteiger partial charge < -0.3 is 67.4 Å². The van der Waals surface area contributed by atoms with E-state index in [0.29, 0.717) is 0 Å². The molecule has 0 aliphatic rings. The Balaban J connectivity index is 6.36. The molecule has 0 rings (SSSR count). The van der Waals surface area contributed by atoms with Crippen molar-refractivity contribution in [3.05, 3.63) is 0 Å². The molecule has 0 aromatic heterocycles. The molecule has 0 aliphatic carbocycles. The first-order valence-corrected chi connectivity index (χ1v) is 15.8. The average molecular weight is 795 g/mol. The molecule has 0 saturated carbocycles. The van der Waals surface area contributed by atoms with Crippen LogP contribution in [-0.4, -0.2) is 155 Å². The minimum absolute atomic E-state index is 0.148. The van der Waals surface area contributed by atoms with Crippen molar-refractivity contribution >= 4 is 71.3 Å². The molecule has 308 valence electrons. The van der Waals surface area contributed by atoms with E-state index in [-0.39, 0.29) is 12.3 Å². The van der Waals surface area contributed by atoms with E-state index in [1.807, 2.05) is 10.6 Å². The van der Waals surface area contributed by atoms with E-state index in [9.17, 15) is 88.2 Å². The molecule has 0 radical (unpaired) electrons. The maximum absolute atomic E-state index is 13.2. The third kappa shape index (κ3) is 20.4. The molecule has 0 aromatic rings. The fourth-order valence-corrected chi connectivity index (χ4v) is 4.40. The van der Waals surface area contributed by atoms with Crippen LogP contribution in [0.3, 0.4) is 0 Å². The number of carbonyl (C=O) groups is 12. The van der Waals surface area contributed by atoms with Gasteiger partial charge in [0.1, 0.15) is 30.4 Å². The maximum atomic E-state index is 13.2. The number of hydrogen-bond donors (Lipinski definition) is 14. The summed E-state index contributed by atoms with van der Waals surface area (Å²) in [6.07, 6.45) is -9.77. The van der Waals surface area contributed by atoms with E-state index < -0.39 is 152 Å². The molecule has 26 nitrogen and oxygen atoms in total. The number of carboxylic acid groups (broad SMARTS) is 7. The molecule has 0 fully saturated rings. The molecule has 0 saturated heterocycles. The zero-order valence-electron chi connectivity index (χ0n) is 29.0. The molecule has 0 aliphatic heterocycles. The van der Waals surface area contributed by atoms with Crippen molar-refractivity contribution in [2.45, 2.75) is 101 Å². The lowest BCUT2D eigenvalue weighted by Gasteiger charge is -2.29. The summed E-state index contributed by atoms with van der Waals surface area (Å²) in [7, 11) is 0. The van der Waals surface area contributed by atoms with E-state index in [2.05, 4.69) is 5.32 Å². The number of carbonyl (C=O) groups excluding carboxylic acids is 5. The Morgan fingerprint density at radius 3 is 1.07 bits per heavy atom. The highest BCUT2D eigenvalue weighted by atomic mass is 16.4. The quantitative estimate of drug-likeness (QED) is 0.0345. The van der Waals surface area contributed by atoms with Gasteiger partial charge in [-0.15, -0.1) is 0 Å². The third-order valence-electron chi connectivity index (χ3n) is 6.81. The van der Waals surface area contributed by atoms with Crippen LogP contribution in [-0.2, 0) is 57.5 Å². The topological polar surface area (TPSA) is 439 Å². The van der Waals surface area contributed by atoms with Crippen LogP contribution in [0.4, 0.5) is 0 Å². The second kappa shape index (κ2) is 23.3. The maximum Gasteiger partial charge on any atom is 0.326 e. The fraction of sp³-hybridized carbons (Fsp3) is 0.586. The number of carboxylic acids is 7. The highest BCUT2D eigenvalue weighted by Crippen LogP contribution is 2.08. The normalized spacial score (nSPS) is 14.6. The van der Waals surface area contributed by atoms with Gasteiger partial charge in [-0.2, -0.15) is 0 Å². The van der Waals surface area contributed by atoms with Gasteiger partial charge in [-0.05, 0) is 5.92 Å². The number of hydrogen-bond acceptors (Lipinski definition) is 14. The molecule has 5 amide bonds. The predicted molar refractivity (Wildman–Crippen MR) is 173 cm³/mol. The summed E-state index contributed by atoms with van der Waals surface area (Å²) in [6, 6.07) is -12.6. The average Bonchev–Trinajstić information content (AvgIpc) is 3.00. The number of rotatable bonds is 27. The Labute approximate surface area is 309 Å². The fourth-order valence-electron chi connectivity index (χ4n) is 4.40. The zero-order valence-corrected chi connectivity index (χ0v) is 29.0. The predicted octanol–water partition coefficient (Wildman–Crippen LogP) is -5.33. The Morgan fingerprint density at radius 2 is 0.709 bits per heavy atom. The van der Waals surface area contributed by atoms with Crippen LogP contribution in [0.15, 0.2) is 0 Å². The van der Waals surface area contributed by atoms with Crippen molar-refractivity contribution in [2.24, 2.45) is 5.92 Å². The van der Waals surface area contributed by atoms with Crippen molar-refractivity contribution in [1.82, 2.24) is 31.9 Å². The van der Waals surface area contributed by atoms with Crippen molar-refractivity contribution in [2.75, 3.05) is 0 Å². The van der Waals surface area contributed by atoms with Gasteiger partial charge >= 0.3 is 41.8 Å². The third-order valence-corrected chi connectivity index (χ3v) is 6.81. The summed E-state index contributed by atoms with van der Waals surface area (Å²) in [6.45, 7) is 3.27. The van der Waals surface area contributed by atoms with Gasteiger partial charge in [0.2, 0.25) is 29.5 Å². The smallest absolute Gasteiger partial charge is 0.326 e. The van der Waals surface area contributed by atoms with E-state index in [0.717, 1.165) is 0 Å². The summed E-state index contributed by atoms with van der Waals surface area (Å²) >= 11 is 0. The summed E-state index contributed by atoms with van der Waals surface area (Å²) < 4.78 is 0. The van der Waals surface area contributed by atoms with Crippen molar-refractivity contribution in [3.63, 3.8) is 0 Å². The molecular weight excluding hydrogens is 752 g/mol. The molecule has 0 aromatic carbocycles. The zero-order chi connectivity index (χ0) is 42.7. The van der Waals surface area contributed by atoms with Crippen molar-refractivity contribution in [3.8, 4) is 0 Å². The highest BCUT2D eigenvalue weighted by Gasteiger charge is 2.36. The van der Waals surface area contributed by atoms with E-state index in [1.54, 1.807) is 29.8 Å². The van der Waals surface area contributed by atoms with Crippen LogP contribution >= 0.6 is 0 Å². The van der Waals surface area contributed by atoms with E-state index in [1.165, 1.54) is 0 Å². The largest absolute Gasteiger partial charge is 0.481 e. The molecule has 0 heterocycles. The van der Waals surface area contributed by atoms with E-state index in [4.69, 9.17) is 10.2 Å². The number of nitrogens with one attached hydrogen (secondary N) is 6. The van der Waals surface area contributed by atoms with Crippen molar-refractivity contribution in [1.29, 1.82) is 0 Å². The van der Waals surface area contributed by atoms with Gasteiger partial charge in [0.15, 0.2) is 0 Å². The first-order valence-electron chi connectivity index (χ1n) is 15.8. The summed E-state index contributed by atoms with van der Waals surface area (Å²) in [5.41, 5.74) is 0. The van der Waals surface area contributed by atoms with Crippen LogP contribution < -0.4 is 31.9 Å². The van der Waals surface area contributed by atoms with Crippen LogP contribution in [0, 0.1) is 5.92 Å². The summed E-state index contributed by atoms with van der Waals surface area (Å²) in [5.74, 6) is -19.3. The lowest BCUT2D eigenvalue weighted by atomic mass is 10.1. The Bertz CT molecular complexity index is 1500. The molecule has 0 bridgehead atoms.